The number of piperidine rings is 1. The van der Waals surface area contributed by atoms with Crippen molar-refractivity contribution in [1.29, 1.82) is 0 Å². The van der Waals surface area contributed by atoms with E-state index in [0.717, 1.165) is 34.1 Å². The Kier molecular flexibility index (Phi) is 6.46. The summed E-state index contributed by atoms with van der Waals surface area (Å²) in [6.07, 6.45) is 5.84. The van der Waals surface area contributed by atoms with Crippen molar-refractivity contribution in [2.75, 3.05) is 18.4 Å². The molecule has 2 aliphatic rings. The zero-order chi connectivity index (χ0) is 21.1. The summed E-state index contributed by atoms with van der Waals surface area (Å²) in [5, 5.41) is 3.00. The zero-order valence-corrected chi connectivity index (χ0v) is 18.5. The monoisotopic (exact) mass is 471 g/mol. The van der Waals surface area contributed by atoms with Crippen LogP contribution in [0.2, 0.25) is 0 Å². The normalized spacial score (nSPS) is 23.9. The number of nitrogens with one attached hydrogen (secondary N) is 3. The Morgan fingerprint density at radius 1 is 1.27 bits per heavy atom. The van der Waals surface area contributed by atoms with Crippen LogP contribution >= 0.6 is 15.9 Å². The van der Waals surface area contributed by atoms with Crippen LogP contribution < -0.4 is 16.2 Å². The Hall–Kier alpha value is -2.29. The quantitative estimate of drug-likeness (QED) is 0.637. The predicted octanol–water partition coefficient (Wildman–Crippen LogP) is 2.94. The number of amides is 2. The second kappa shape index (κ2) is 9.24. The zero-order valence-electron chi connectivity index (χ0n) is 16.9. The number of carbonyl (C=O) groups is 2. The summed E-state index contributed by atoms with van der Waals surface area (Å²) in [6, 6.07) is 9.41. The van der Waals surface area contributed by atoms with Gasteiger partial charge in [-0.1, -0.05) is 22.0 Å². The highest BCUT2D eigenvalue weighted by atomic mass is 79.9. The first kappa shape index (κ1) is 21.0. The lowest BCUT2D eigenvalue weighted by Gasteiger charge is -2.33. The van der Waals surface area contributed by atoms with Crippen LogP contribution in [0.25, 0.3) is 0 Å². The molecule has 1 aromatic heterocycles. The number of benzene rings is 1. The highest BCUT2D eigenvalue weighted by Crippen LogP contribution is 2.25. The van der Waals surface area contributed by atoms with E-state index in [1.165, 1.54) is 0 Å². The molecule has 0 aliphatic carbocycles. The molecule has 0 saturated carbocycles. The van der Waals surface area contributed by atoms with Crippen molar-refractivity contribution < 1.29 is 9.59 Å². The lowest BCUT2D eigenvalue weighted by Crippen LogP contribution is -2.50. The number of aromatic nitrogens is 1. The molecule has 2 saturated heterocycles. The van der Waals surface area contributed by atoms with Gasteiger partial charge >= 0.3 is 0 Å². The fraction of sp³-hybridized carbons (Fsp3) is 0.409. The van der Waals surface area contributed by atoms with Crippen molar-refractivity contribution in [2.24, 2.45) is 5.92 Å². The number of hydrogen-bond donors (Lipinski definition) is 3. The molecule has 1 aromatic carbocycles. The number of anilines is 1. The molecule has 3 N–H and O–H groups in total. The lowest BCUT2D eigenvalue weighted by molar-refractivity contribution is -0.136. The summed E-state index contributed by atoms with van der Waals surface area (Å²) < 4.78 is 1.01. The van der Waals surface area contributed by atoms with Gasteiger partial charge in [0.2, 0.25) is 11.8 Å². The maximum atomic E-state index is 13.1. The van der Waals surface area contributed by atoms with Gasteiger partial charge in [0.15, 0.2) is 0 Å². The second-order valence-electron chi connectivity index (χ2n) is 7.99. The van der Waals surface area contributed by atoms with Crippen molar-refractivity contribution >= 4 is 33.4 Å². The predicted molar refractivity (Wildman–Crippen MR) is 118 cm³/mol. The first-order valence-corrected chi connectivity index (χ1v) is 11.1. The van der Waals surface area contributed by atoms with Gasteiger partial charge < -0.3 is 10.2 Å². The number of hydrazine groups is 1. The molecular formula is C22H26BrN5O2. The number of carbonyl (C=O) groups excluding carboxylic acids is 2. The summed E-state index contributed by atoms with van der Waals surface area (Å²) in [4.78, 5) is 31.8. The molecule has 0 bridgehead atoms. The molecule has 2 amide bonds. The van der Waals surface area contributed by atoms with E-state index >= 15 is 0 Å². The van der Waals surface area contributed by atoms with Crippen molar-refractivity contribution in [3.63, 3.8) is 0 Å². The van der Waals surface area contributed by atoms with E-state index in [-0.39, 0.29) is 29.8 Å². The van der Waals surface area contributed by atoms with Gasteiger partial charge in [0.1, 0.15) is 6.04 Å². The minimum absolute atomic E-state index is 0.0278. The van der Waals surface area contributed by atoms with Crippen LogP contribution in [-0.2, 0) is 9.59 Å². The maximum Gasteiger partial charge on any atom is 0.241 e. The standard InChI is InChI=1S/C22H26BrN5O2/c1-14-10-17(6-7-18(14)23)25-21(29)16-5-3-9-28(13-16)22(30)20-11-19(26-27-20)15-4-2-8-24-12-15/h2,4,6-8,10,12,16,19-20,26-27H,3,5,9,11,13H2,1H3,(H,25,29). The summed E-state index contributed by atoms with van der Waals surface area (Å²) in [5.74, 6) is -0.180. The van der Waals surface area contributed by atoms with Crippen LogP contribution in [0, 0.1) is 12.8 Å². The Labute approximate surface area is 184 Å². The van der Waals surface area contributed by atoms with E-state index in [4.69, 9.17) is 0 Å². The molecule has 2 aromatic rings. The van der Waals surface area contributed by atoms with Crippen molar-refractivity contribution in [3.05, 3.63) is 58.3 Å². The van der Waals surface area contributed by atoms with Gasteiger partial charge in [0, 0.05) is 41.7 Å². The summed E-state index contributed by atoms with van der Waals surface area (Å²) in [5.41, 5.74) is 9.23. The van der Waals surface area contributed by atoms with Gasteiger partial charge in [0.25, 0.3) is 0 Å². The molecule has 30 heavy (non-hydrogen) atoms. The first-order valence-electron chi connectivity index (χ1n) is 10.3. The maximum absolute atomic E-state index is 13.1. The number of hydrogen-bond acceptors (Lipinski definition) is 5. The van der Waals surface area contributed by atoms with Crippen molar-refractivity contribution in [1.82, 2.24) is 20.7 Å². The van der Waals surface area contributed by atoms with E-state index in [2.05, 4.69) is 37.1 Å². The Bertz CT molecular complexity index is 923. The molecule has 7 nitrogen and oxygen atoms in total. The second-order valence-corrected chi connectivity index (χ2v) is 8.85. The van der Waals surface area contributed by atoms with Gasteiger partial charge in [0.05, 0.1) is 5.92 Å². The van der Waals surface area contributed by atoms with Crippen LogP contribution in [0.15, 0.2) is 47.2 Å². The Balaban J connectivity index is 1.34. The van der Waals surface area contributed by atoms with E-state index in [1.54, 1.807) is 6.20 Å². The van der Waals surface area contributed by atoms with Crippen LogP contribution in [0.3, 0.4) is 0 Å². The van der Waals surface area contributed by atoms with Gasteiger partial charge in [-0.15, -0.1) is 0 Å². The lowest BCUT2D eigenvalue weighted by atomic mass is 9.95. The average Bonchev–Trinajstić information content (AvgIpc) is 3.27. The van der Waals surface area contributed by atoms with E-state index in [9.17, 15) is 9.59 Å². The smallest absolute Gasteiger partial charge is 0.241 e. The highest BCUT2D eigenvalue weighted by molar-refractivity contribution is 9.10. The average molecular weight is 472 g/mol. The molecule has 4 rings (SSSR count). The van der Waals surface area contributed by atoms with Crippen LogP contribution in [0.5, 0.6) is 0 Å². The number of aryl methyl sites for hydroxylation is 1. The molecule has 158 valence electrons. The molecule has 3 heterocycles. The summed E-state index contributed by atoms with van der Waals surface area (Å²) in [6.45, 7) is 3.13. The largest absolute Gasteiger partial charge is 0.341 e. The van der Waals surface area contributed by atoms with Gasteiger partial charge in [-0.3, -0.25) is 14.6 Å². The van der Waals surface area contributed by atoms with Crippen LogP contribution in [0.4, 0.5) is 5.69 Å². The summed E-state index contributed by atoms with van der Waals surface area (Å²) >= 11 is 3.48. The Morgan fingerprint density at radius 2 is 2.13 bits per heavy atom. The molecular weight excluding hydrogens is 446 g/mol. The minimum Gasteiger partial charge on any atom is -0.341 e. The molecule has 2 aliphatic heterocycles. The third-order valence-electron chi connectivity index (χ3n) is 5.82. The molecule has 0 radical (unpaired) electrons. The van der Waals surface area contributed by atoms with E-state index in [0.29, 0.717) is 19.5 Å². The number of likely N-dealkylation sites (tertiary alicyclic amines) is 1. The van der Waals surface area contributed by atoms with Gasteiger partial charge in [-0.05, 0) is 61.6 Å². The van der Waals surface area contributed by atoms with Gasteiger partial charge in [-0.25, -0.2) is 10.9 Å². The fourth-order valence-corrected chi connectivity index (χ4v) is 4.34. The molecule has 3 atom stereocenters. The molecule has 3 unspecified atom stereocenters. The number of nitrogens with zero attached hydrogens (tertiary/aromatic N) is 2. The first-order chi connectivity index (χ1) is 14.5. The van der Waals surface area contributed by atoms with Crippen molar-refractivity contribution in [2.45, 2.75) is 38.3 Å². The number of halogens is 1. The summed E-state index contributed by atoms with van der Waals surface area (Å²) in [7, 11) is 0. The minimum atomic E-state index is -0.300. The van der Waals surface area contributed by atoms with Crippen LogP contribution in [0.1, 0.15) is 36.4 Å². The SMILES string of the molecule is Cc1cc(NC(=O)C2CCCN(C(=O)C3CC(c4cccnc4)NN3)C2)ccc1Br. The highest BCUT2D eigenvalue weighted by Gasteiger charge is 2.36. The topological polar surface area (TPSA) is 86.4 Å². The molecule has 8 heteroatoms. The number of rotatable bonds is 4. The number of pyridine rings is 1. The fourth-order valence-electron chi connectivity index (χ4n) is 4.10. The van der Waals surface area contributed by atoms with E-state index in [1.807, 2.05) is 48.4 Å². The Morgan fingerprint density at radius 3 is 2.90 bits per heavy atom. The van der Waals surface area contributed by atoms with Crippen LogP contribution in [-0.4, -0.2) is 40.8 Å². The van der Waals surface area contributed by atoms with Gasteiger partial charge in [-0.2, -0.15) is 0 Å². The molecule has 0 spiro atoms. The third kappa shape index (κ3) is 4.71. The third-order valence-corrected chi connectivity index (χ3v) is 6.71. The van der Waals surface area contributed by atoms with E-state index < -0.39 is 0 Å². The molecule has 2 fully saturated rings. The van der Waals surface area contributed by atoms with Crippen molar-refractivity contribution in [3.8, 4) is 0 Å².